The summed E-state index contributed by atoms with van der Waals surface area (Å²) in [6.07, 6.45) is 4.06. The molecule has 2 aromatic heterocycles. The van der Waals surface area contributed by atoms with Crippen molar-refractivity contribution in [1.29, 1.82) is 0 Å². The fourth-order valence-electron chi connectivity index (χ4n) is 4.43. The van der Waals surface area contributed by atoms with Gasteiger partial charge in [0.1, 0.15) is 11.6 Å². The number of aromatic nitrogens is 3. The standard InChI is InChI=1S/C25H25FN4O/c26-20-11-9-19(10-12-20)23-16-24-27-22(18-6-2-1-3-7-18)17-25(30(24)28-23)29-14-5-4-8-21(29)13-15-31/h1-3,6-7,9-12,16-17,21,31H,4-5,8,13-15H2/t21-/m0/s1. The molecule has 1 atom stereocenters. The van der Waals surface area contributed by atoms with Crippen LogP contribution >= 0.6 is 0 Å². The minimum atomic E-state index is -0.266. The number of hydrogen-bond acceptors (Lipinski definition) is 4. The molecule has 5 nitrogen and oxygen atoms in total. The van der Waals surface area contributed by atoms with Crippen LogP contribution in [0.3, 0.4) is 0 Å². The number of piperidine rings is 1. The Hall–Kier alpha value is -3.25. The third-order valence-electron chi connectivity index (χ3n) is 6.00. The molecule has 5 rings (SSSR count). The predicted molar refractivity (Wildman–Crippen MR) is 121 cm³/mol. The van der Waals surface area contributed by atoms with Crippen LogP contribution in [0.15, 0.2) is 66.7 Å². The maximum Gasteiger partial charge on any atom is 0.158 e. The lowest BCUT2D eigenvalue weighted by atomic mass is 9.99. The zero-order chi connectivity index (χ0) is 21.2. The van der Waals surface area contributed by atoms with Gasteiger partial charge in [-0.15, -0.1) is 0 Å². The molecule has 0 unspecified atom stereocenters. The monoisotopic (exact) mass is 416 g/mol. The van der Waals surface area contributed by atoms with Crippen LogP contribution in [0.4, 0.5) is 10.2 Å². The van der Waals surface area contributed by atoms with Gasteiger partial charge in [-0.3, -0.25) is 0 Å². The highest BCUT2D eigenvalue weighted by atomic mass is 19.1. The third kappa shape index (κ3) is 3.91. The van der Waals surface area contributed by atoms with Gasteiger partial charge in [0.2, 0.25) is 0 Å². The van der Waals surface area contributed by atoms with E-state index in [0.29, 0.717) is 0 Å². The third-order valence-corrected chi connectivity index (χ3v) is 6.00. The quantitative estimate of drug-likeness (QED) is 0.501. The molecule has 1 aliphatic heterocycles. The van der Waals surface area contributed by atoms with E-state index in [0.717, 1.165) is 59.8 Å². The zero-order valence-electron chi connectivity index (χ0n) is 17.3. The van der Waals surface area contributed by atoms with Crippen molar-refractivity contribution in [2.75, 3.05) is 18.1 Å². The minimum absolute atomic E-state index is 0.168. The Morgan fingerprint density at radius 3 is 2.48 bits per heavy atom. The molecule has 3 heterocycles. The molecule has 1 fully saturated rings. The highest BCUT2D eigenvalue weighted by molar-refractivity contribution is 5.71. The molecule has 6 heteroatoms. The number of aliphatic hydroxyl groups excluding tert-OH is 1. The Bertz CT molecular complexity index is 1170. The normalized spacial score (nSPS) is 16.7. The Morgan fingerprint density at radius 2 is 1.71 bits per heavy atom. The Kier molecular flexibility index (Phi) is 5.38. The molecule has 4 aromatic rings. The number of nitrogens with zero attached hydrogens (tertiary/aromatic N) is 4. The van der Waals surface area contributed by atoms with Crippen LogP contribution in [0.1, 0.15) is 25.7 Å². The van der Waals surface area contributed by atoms with Gasteiger partial charge in [-0.2, -0.15) is 9.61 Å². The van der Waals surface area contributed by atoms with E-state index >= 15 is 0 Å². The minimum Gasteiger partial charge on any atom is -0.396 e. The van der Waals surface area contributed by atoms with Crippen molar-refractivity contribution in [2.24, 2.45) is 0 Å². The summed E-state index contributed by atoms with van der Waals surface area (Å²) in [5.41, 5.74) is 4.30. The van der Waals surface area contributed by atoms with Crippen LogP contribution in [0.25, 0.3) is 28.2 Å². The predicted octanol–water partition coefficient (Wildman–Crippen LogP) is 4.94. The van der Waals surface area contributed by atoms with Crippen LogP contribution in [-0.4, -0.2) is 38.9 Å². The van der Waals surface area contributed by atoms with E-state index < -0.39 is 0 Å². The average molecular weight is 417 g/mol. The summed E-state index contributed by atoms with van der Waals surface area (Å²) < 4.78 is 15.3. The van der Waals surface area contributed by atoms with Crippen molar-refractivity contribution in [2.45, 2.75) is 31.7 Å². The van der Waals surface area contributed by atoms with Gasteiger partial charge in [0.05, 0.1) is 11.4 Å². The summed E-state index contributed by atoms with van der Waals surface area (Å²) in [6.45, 7) is 1.09. The van der Waals surface area contributed by atoms with Gasteiger partial charge in [-0.25, -0.2) is 9.37 Å². The van der Waals surface area contributed by atoms with Gasteiger partial charge in [-0.1, -0.05) is 30.3 Å². The fraction of sp³-hybridized carbons (Fsp3) is 0.280. The van der Waals surface area contributed by atoms with Crippen LogP contribution in [0.5, 0.6) is 0 Å². The first-order valence-electron chi connectivity index (χ1n) is 10.8. The summed E-state index contributed by atoms with van der Waals surface area (Å²) in [7, 11) is 0. The first kappa shape index (κ1) is 19.7. The van der Waals surface area contributed by atoms with E-state index in [1.165, 1.54) is 18.6 Å². The molecule has 0 spiro atoms. The van der Waals surface area contributed by atoms with E-state index in [2.05, 4.69) is 23.1 Å². The fourth-order valence-corrected chi connectivity index (χ4v) is 4.43. The highest BCUT2D eigenvalue weighted by Crippen LogP contribution is 2.32. The average Bonchev–Trinajstić information content (AvgIpc) is 3.24. The number of hydrogen-bond donors (Lipinski definition) is 1. The lowest BCUT2D eigenvalue weighted by molar-refractivity contribution is 0.262. The van der Waals surface area contributed by atoms with Crippen molar-refractivity contribution < 1.29 is 9.50 Å². The molecule has 0 saturated carbocycles. The SMILES string of the molecule is OCC[C@@H]1CCCCN1c1cc(-c2ccccc2)nc2cc(-c3ccc(F)cc3)nn12. The van der Waals surface area contributed by atoms with Crippen LogP contribution in [0.2, 0.25) is 0 Å². The molecule has 2 aromatic carbocycles. The topological polar surface area (TPSA) is 53.7 Å². The first-order chi connectivity index (χ1) is 15.2. The second-order valence-electron chi connectivity index (χ2n) is 8.03. The maximum absolute atomic E-state index is 13.4. The van der Waals surface area contributed by atoms with Crippen molar-refractivity contribution in [3.8, 4) is 22.5 Å². The molecule has 158 valence electrons. The summed E-state index contributed by atoms with van der Waals surface area (Å²) >= 11 is 0. The molecule has 0 aliphatic carbocycles. The molecular weight excluding hydrogens is 391 g/mol. The molecule has 0 amide bonds. The summed E-state index contributed by atoms with van der Waals surface area (Å²) in [5, 5.41) is 14.5. The number of rotatable bonds is 5. The zero-order valence-corrected chi connectivity index (χ0v) is 17.3. The van der Waals surface area contributed by atoms with Crippen LogP contribution < -0.4 is 4.90 Å². The summed E-state index contributed by atoms with van der Waals surface area (Å²) in [5.74, 6) is 0.716. The number of anilines is 1. The second kappa shape index (κ2) is 8.47. The van der Waals surface area contributed by atoms with Gasteiger partial charge in [-0.05, 0) is 49.9 Å². The van der Waals surface area contributed by atoms with E-state index in [-0.39, 0.29) is 18.5 Å². The number of benzene rings is 2. The number of aliphatic hydroxyl groups is 1. The van der Waals surface area contributed by atoms with Crippen molar-refractivity contribution >= 4 is 11.5 Å². The molecule has 0 radical (unpaired) electrons. The summed E-state index contributed by atoms with van der Waals surface area (Å²) in [6, 6.07) is 20.8. The maximum atomic E-state index is 13.4. The number of fused-ring (bicyclic) bond motifs is 1. The molecule has 1 saturated heterocycles. The van der Waals surface area contributed by atoms with E-state index in [9.17, 15) is 9.50 Å². The number of halogens is 1. The van der Waals surface area contributed by atoms with E-state index in [4.69, 9.17) is 10.1 Å². The van der Waals surface area contributed by atoms with Crippen LogP contribution in [0, 0.1) is 5.82 Å². The smallest absolute Gasteiger partial charge is 0.158 e. The van der Waals surface area contributed by atoms with Gasteiger partial charge < -0.3 is 10.0 Å². The van der Waals surface area contributed by atoms with Gasteiger partial charge >= 0.3 is 0 Å². The van der Waals surface area contributed by atoms with Crippen molar-refractivity contribution in [3.05, 3.63) is 72.5 Å². The van der Waals surface area contributed by atoms with Gasteiger partial charge in [0.15, 0.2) is 5.65 Å². The largest absolute Gasteiger partial charge is 0.396 e. The molecule has 1 N–H and O–H groups in total. The van der Waals surface area contributed by atoms with E-state index in [1.54, 1.807) is 12.1 Å². The van der Waals surface area contributed by atoms with Gasteiger partial charge in [0, 0.05) is 42.5 Å². The van der Waals surface area contributed by atoms with Crippen molar-refractivity contribution in [1.82, 2.24) is 14.6 Å². The van der Waals surface area contributed by atoms with Crippen molar-refractivity contribution in [3.63, 3.8) is 0 Å². The first-order valence-corrected chi connectivity index (χ1v) is 10.8. The molecular formula is C25H25FN4O. The lowest BCUT2D eigenvalue weighted by Gasteiger charge is -2.37. The van der Waals surface area contributed by atoms with Crippen LogP contribution in [-0.2, 0) is 0 Å². The Morgan fingerprint density at radius 1 is 0.935 bits per heavy atom. The summed E-state index contributed by atoms with van der Waals surface area (Å²) in [4.78, 5) is 7.25. The lowest BCUT2D eigenvalue weighted by Crippen LogP contribution is -2.41. The Balaban J connectivity index is 1.68. The molecule has 31 heavy (non-hydrogen) atoms. The van der Waals surface area contributed by atoms with Gasteiger partial charge in [0.25, 0.3) is 0 Å². The second-order valence-corrected chi connectivity index (χ2v) is 8.03. The molecule has 1 aliphatic rings. The van der Waals surface area contributed by atoms with E-state index in [1.807, 2.05) is 28.8 Å². The highest BCUT2D eigenvalue weighted by Gasteiger charge is 2.25. The molecule has 0 bridgehead atoms. The Labute approximate surface area is 180 Å².